The number of nitrogens with one attached hydrogen (secondary N) is 1. The third-order valence-electron chi connectivity index (χ3n) is 5.13. The van der Waals surface area contributed by atoms with Crippen LogP contribution in [0.2, 0.25) is 0 Å². The molecular weight excluding hydrogens is 344 g/mol. The van der Waals surface area contributed by atoms with Gasteiger partial charge in [-0.15, -0.1) is 0 Å². The van der Waals surface area contributed by atoms with Crippen LogP contribution in [0.1, 0.15) is 67.2 Å². The van der Waals surface area contributed by atoms with E-state index < -0.39 is 12.1 Å². The van der Waals surface area contributed by atoms with Crippen LogP contribution in [0, 0.1) is 11.3 Å². The summed E-state index contributed by atoms with van der Waals surface area (Å²) in [4.78, 5) is 14.7. The number of fused-ring (bicyclic) bond motifs is 3. The molecule has 1 aliphatic heterocycles. The van der Waals surface area contributed by atoms with Crippen LogP contribution >= 0.6 is 0 Å². The highest BCUT2D eigenvalue weighted by atomic mass is 16.5. The first-order chi connectivity index (χ1) is 13.1. The Hall–Kier alpha value is -2.36. The van der Waals surface area contributed by atoms with Gasteiger partial charge in [0, 0.05) is 17.7 Å². The number of nitriles is 1. The highest BCUT2D eigenvalue weighted by Crippen LogP contribution is 2.38. The second-order valence-electron chi connectivity index (χ2n) is 6.89. The number of benzene rings is 1. The van der Waals surface area contributed by atoms with Gasteiger partial charge in [0.05, 0.1) is 36.8 Å². The van der Waals surface area contributed by atoms with Crippen LogP contribution in [0.15, 0.2) is 6.07 Å². The molecule has 27 heavy (non-hydrogen) atoms. The normalized spacial score (nSPS) is 16.3. The zero-order valence-corrected chi connectivity index (χ0v) is 15.9. The van der Waals surface area contributed by atoms with Crippen molar-refractivity contribution < 1.29 is 19.4 Å². The number of aliphatic carboxylic acids is 1. The molecule has 3 rings (SSSR count). The van der Waals surface area contributed by atoms with E-state index in [1.165, 1.54) is 5.56 Å². The fourth-order valence-corrected chi connectivity index (χ4v) is 3.88. The summed E-state index contributed by atoms with van der Waals surface area (Å²) in [5, 5.41) is 19.9. The van der Waals surface area contributed by atoms with Crippen molar-refractivity contribution in [1.29, 1.82) is 5.26 Å². The molecular formula is C21H26N2O4. The van der Waals surface area contributed by atoms with Crippen molar-refractivity contribution in [3.63, 3.8) is 0 Å². The van der Waals surface area contributed by atoms with Crippen molar-refractivity contribution in [2.75, 3.05) is 13.2 Å². The number of hydrogen-bond donors (Lipinski definition) is 2. The SMILES string of the molecule is CCCCc1c(COCC)cc(C#N)c2c3c([nH]c12)C(CC(=O)O)OCC3. The summed E-state index contributed by atoms with van der Waals surface area (Å²) in [5.41, 5.74) is 5.60. The number of hydrogen-bond acceptors (Lipinski definition) is 4. The number of ether oxygens (including phenoxy) is 2. The van der Waals surface area contributed by atoms with Crippen LogP contribution in [0.3, 0.4) is 0 Å². The number of carboxylic acid groups (broad SMARTS) is 1. The van der Waals surface area contributed by atoms with Gasteiger partial charge in [0.1, 0.15) is 6.10 Å². The van der Waals surface area contributed by atoms with Gasteiger partial charge in [-0.3, -0.25) is 4.79 Å². The Kier molecular flexibility index (Phi) is 6.15. The molecule has 1 aliphatic rings. The molecule has 0 bridgehead atoms. The van der Waals surface area contributed by atoms with Crippen molar-refractivity contribution >= 4 is 16.9 Å². The predicted octanol–water partition coefficient (Wildman–Crippen LogP) is 4.01. The first kappa shape index (κ1) is 19.4. The number of carboxylic acids is 1. The van der Waals surface area contributed by atoms with E-state index in [4.69, 9.17) is 9.47 Å². The molecule has 6 heteroatoms. The van der Waals surface area contributed by atoms with Crippen molar-refractivity contribution in [3.8, 4) is 6.07 Å². The van der Waals surface area contributed by atoms with Crippen molar-refractivity contribution in [1.82, 2.24) is 4.98 Å². The van der Waals surface area contributed by atoms with Gasteiger partial charge < -0.3 is 19.6 Å². The summed E-state index contributed by atoms with van der Waals surface area (Å²) in [6.07, 6.45) is 3.10. The Morgan fingerprint density at radius 2 is 2.30 bits per heavy atom. The number of nitrogens with zero attached hydrogens (tertiary/aromatic N) is 1. The number of unbranched alkanes of at least 4 members (excludes halogenated alkanes) is 1. The molecule has 0 radical (unpaired) electrons. The number of rotatable bonds is 8. The second-order valence-corrected chi connectivity index (χ2v) is 6.89. The molecule has 1 atom stereocenters. The smallest absolute Gasteiger partial charge is 0.306 e. The number of H-pyrrole nitrogens is 1. The van der Waals surface area contributed by atoms with E-state index in [0.717, 1.165) is 47.0 Å². The van der Waals surface area contributed by atoms with Gasteiger partial charge in [0.15, 0.2) is 0 Å². The number of aromatic nitrogens is 1. The quantitative estimate of drug-likeness (QED) is 0.732. The average molecular weight is 370 g/mol. The van der Waals surface area contributed by atoms with Gasteiger partial charge in [-0.2, -0.15) is 5.26 Å². The van der Waals surface area contributed by atoms with E-state index in [2.05, 4.69) is 18.0 Å². The van der Waals surface area contributed by atoms with E-state index in [-0.39, 0.29) is 6.42 Å². The lowest BCUT2D eigenvalue weighted by atomic mass is 9.92. The minimum absolute atomic E-state index is 0.0855. The molecule has 2 aromatic rings. The zero-order chi connectivity index (χ0) is 19.4. The zero-order valence-electron chi connectivity index (χ0n) is 15.9. The molecule has 1 aromatic carbocycles. The molecule has 0 amide bonds. The number of carbonyl (C=O) groups is 1. The maximum absolute atomic E-state index is 11.2. The summed E-state index contributed by atoms with van der Waals surface area (Å²) in [6, 6.07) is 4.27. The molecule has 6 nitrogen and oxygen atoms in total. The van der Waals surface area contributed by atoms with Crippen molar-refractivity contribution in [2.24, 2.45) is 0 Å². The molecule has 1 aromatic heterocycles. The molecule has 0 saturated carbocycles. The van der Waals surface area contributed by atoms with Crippen LogP contribution in [-0.4, -0.2) is 29.3 Å². The number of aryl methyl sites for hydroxylation is 1. The third kappa shape index (κ3) is 3.85. The topological polar surface area (TPSA) is 95.3 Å². The van der Waals surface area contributed by atoms with Gasteiger partial charge in [0.25, 0.3) is 0 Å². The Morgan fingerprint density at radius 1 is 1.48 bits per heavy atom. The maximum Gasteiger partial charge on any atom is 0.306 e. The summed E-state index contributed by atoms with van der Waals surface area (Å²) in [5.74, 6) is -0.893. The second kappa shape index (κ2) is 8.55. The van der Waals surface area contributed by atoms with Crippen molar-refractivity contribution in [2.45, 2.75) is 58.7 Å². The van der Waals surface area contributed by atoms with E-state index in [1.807, 2.05) is 13.0 Å². The van der Waals surface area contributed by atoms with E-state index in [0.29, 0.717) is 31.8 Å². The van der Waals surface area contributed by atoms with Crippen LogP contribution < -0.4 is 0 Å². The van der Waals surface area contributed by atoms with Gasteiger partial charge in [-0.05, 0) is 48.9 Å². The third-order valence-corrected chi connectivity index (χ3v) is 5.13. The van der Waals surface area contributed by atoms with E-state index in [1.54, 1.807) is 0 Å². The Balaban J connectivity index is 2.21. The summed E-state index contributed by atoms with van der Waals surface area (Å²) in [6.45, 7) is 5.66. The largest absolute Gasteiger partial charge is 0.481 e. The van der Waals surface area contributed by atoms with Crippen LogP contribution in [0.25, 0.3) is 10.9 Å². The molecule has 2 N–H and O–H groups in total. The van der Waals surface area contributed by atoms with Crippen LogP contribution in [0.4, 0.5) is 0 Å². The Morgan fingerprint density at radius 3 is 2.96 bits per heavy atom. The average Bonchev–Trinajstić information content (AvgIpc) is 3.05. The predicted molar refractivity (Wildman–Crippen MR) is 102 cm³/mol. The molecule has 2 heterocycles. The van der Waals surface area contributed by atoms with E-state index >= 15 is 0 Å². The number of aromatic amines is 1. The Bertz CT molecular complexity index is 879. The molecule has 0 aliphatic carbocycles. The van der Waals surface area contributed by atoms with Crippen molar-refractivity contribution in [3.05, 3.63) is 34.0 Å². The first-order valence-corrected chi connectivity index (χ1v) is 9.61. The molecule has 1 unspecified atom stereocenters. The summed E-state index contributed by atoms with van der Waals surface area (Å²) < 4.78 is 11.4. The minimum atomic E-state index is -0.893. The summed E-state index contributed by atoms with van der Waals surface area (Å²) in [7, 11) is 0. The van der Waals surface area contributed by atoms with Gasteiger partial charge in [-0.25, -0.2) is 0 Å². The van der Waals surface area contributed by atoms with Gasteiger partial charge in [-0.1, -0.05) is 13.3 Å². The maximum atomic E-state index is 11.2. The summed E-state index contributed by atoms with van der Waals surface area (Å²) >= 11 is 0. The Labute approximate surface area is 159 Å². The molecule has 0 spiro atoms. The first-order valence-electron chi connectivity index (χ1n) is 9.61. The van der Waals surface area contributed by atoms with E-state index in [9.17, 15) is 15.2 Å². The van der Waals surface area contributed by atoms with Crippen LogP contribution in [-0.2, 0) is 33.7 Å². The van der Waals surface area contributed by atoms with Crippen LogP contribution in [0.5, 0.6) is 0 Å². The fourth-order valence-electron chi connectivity index (χ4n) is 3.88. The molecule has 0 fully saturated rings. The lowest BCUT2D eigenvalue weighted by molar-refractivity contribution is -0.140. The minimum Gasteiger partial charge on any atom is -0.481 e. The fraction of sp³-hybridized carbons (Fsp3) is 0.524. The lowest BCUT2D eigenvalue weighted by Crippen LogP contribution is -2.18. The lowest BCUT2D eigenvalue weighted by Gasteiger charge is -2.22. The van der Waals surface area contributed by atoms with Gasteiger partial charge in [0.2, 0.25) is 0 Å². The monoisotopic (exact) mass is 370 g/mol. The molecule has 0 saturated heterocycles. The molecule has 144 valence electrons. The highest BCUT2D eigenvalue weighted by Gasteiger charge is 2.29. The highest BCUT2D eigenvalue weighted by molar-refractivity contribution is 5.93. The standard InChI is InChI=1S/C21H26N2O4/c1-3-5-6-15-14(12-26-4-2)9-13(11-22)19-16-7-8-27-17(10-18(24)25)20(16)23-21(15)19/h9,17,23H,3-8,10,12H2,1-2H3,(H,24,25). The van der Waals surface area contributed by atoms with Gasteiger partial charge >= 0.3 is 5.97 Å².